The summed E-state index contributed by atoms with van der Waals surface area (Å²) >= 11 is 1.50. The molecule has 0 radical (unpaired) electrons. The van der Waals surface area contributed by atoms with Crippen LogP contribution in [-0.2, 0) is 11.0 Å². The summed E-state index contributed by atoms with van der Waals surface area (Å²) in [6.45, 7) is 11.8. The number of hydrogen-bond donors (Lipinski definition) is 1. The van der Waals surface area contributed by atoms with Gasteiger partial charge in [0.05, 0.1) is 11.5 Å². The van der Waals surface area contributed by atoms with Crippen LogP contribution in [0.4, 0.5) is 5.13 Å². The second kappa shape index (κ2) is 4.23. The van der Waals surface area contributed by atoms with Gasteiger partial charge in [0.25, 0.3) is 0 Å². The molecule has 0 aromatic carbocycles. The molecule has 0 bridgehead atoms. The average Bonchev–Trinajstić information content (AvgIpc) is 2.46. The molecule has 1 aromatic heterocycles. The number of anilines is 1. The summed E-state index contributed by atoms with van der Waals surface area (Å²) in [5, 5.41) is 0.868. The molecule has 2 N–H and O–H groups in total. The zero-order valence-corrected chi connectivity index (χ0v) is 11.9. The van der Waals surface area contributed by atoms with Gasteiger partial charge in [-0.1, -0.05) is 32.1 Å². The number of rotatable bonds is 3. The van der Waals surface area contributed by atoms with E-state index in [-0.39, 0.29) is 5.04 Å². The Labute approximate surface area is 96.8 Å². The number of nitrogen functional groups attached to an aromatic ring is 1. The number of hydrogen-bond acceptors (Lipinski definition) is 4. The van der Waals surface area contributed by atoms with Crippen molar-refractivity contribution in [2.75, 3.05) is 5.73 Å². The molecule has 15 heavy (non-hydrogen) atoms. The summed E-state index contributed by atoms with van der Waals surface area (Å²) in [4.78, 5) is 5.12. The quantitative estimate of drug-likeness (QED) is 0.830. The summed E-state index contributed by atoms with van der Waals surface area (Å²) in [5.41, 5.74) is 5.57. The normalized spacial score (nSPS) is 13.1. The lowest BCUT2D eigenvalue weighted by Gasteiger charge is -2.35. The molecule has 1 rings (SSSR count). The Morgan fingerprint density at radius 1 is 1.47 bits per heavy atom. The molecule has 0 unspecified atom stereocenters. The highest BCUT2D eigenvalue weighted by Crippen LogP contribution is 2.37. The Hall–Kier alpha value is -0.393. The number of nitrogens with two attached hydrogens (primary N) is 1. The van der Waals surface area contributed by atoms with Crippen molar-refractivity contribution in [1.29, 1.82) is 0 Å². The maximum absolute atomic E-state index is 6.05. The number of aromatic nitrogens is 1. The molecule has 3 nitrogen and oxygen atoms in total. The van der Waals surface area contributed by atoms with E-state index in [0.29, 0.717) is 11.7 Å². The third-order valence-electron chi connectivity index (χ3n) is 2.95. The minimum absolute atomic E-state index is 0.253. The summed E-state index contributed by atoms with van der Waals surface area (Å²) < 4.78 is 6.05. The average molecular weight is 244 g/mol. The highest BCUT2D eigenvalue weighted by molar-refractivity contribution is 7.15. The largest absolute Gasteiger partial charge is 0.412 e. The Kier molecular flexibility index (Phi) is 3.58. The molecule has 0 aliphatic heterocycles. The molecule has 86 valence electrons. The molecule has 0 atom stereocenters. The third kappa shape index (κ3) is 3.29. The molecular formula is C10H20N2OSSi. The van der Waals surface area contributed by atoms with Gasteiger partial charge in [0.2, 0.25) is 0 Å². The van der Waals surface area contributed by atoms with Crippen molar-refractivity contribution in [3.8, 4) is 0 Å². The lowest BCUT2D eigenvalue weighted by molar-refractivity contribution is 0.279. The maximum Gasteiger partial charge on any atom is 0.192 e. The lowest BCUT2D eigenvalue weighted by atomic mass is 10.2. The topological polar surface area (TPSA) is 48.1 Å². The van der Waals surface area contributed by atoms with Crippen molar-refractivity contribution in [2.45, 2.75) is 45.5 Å². The van der Waals surface area contributed by atoms with Crippen molar-refractivity contribution in [3.63, 3.8) is 0 Å². The van der Waals surface area contributed by atoms with Gasteiger partial charge in [-0.15, -0.1) is 0 Å². The first-order valence-electron chi connectivity index (χ1n) is 5.06. The fourth-order valence-electron chi connectivity index (χ4n) is 0.857. The molecule has 0 saturated carbocycles. The van der Waals surface area contributed by atoms with Crippen LogP contribution in [0.25, 0.3) is 0 Å². The summed E-state index contributed by atoms with van der Waals surface area (Å²) in [7, 11) is -1.64. The van der Waals surface area contributed by atoms with E-state index in [4.69, 9.17) is 10.2 Å². The Morgan fingerprint density at radius 2 is 2.07 bits per heavy atom. The van der Waals surface area contributed by atoms with Gasteiger partial charge in [-0.05, 0) is 18.1 Å². The molecule has 0 amide bonds. The predicted molar refractivity (Wildman–Crippen MR) is 68.5 cm³/mol. The molecular weight excluding hydrogens is 224 g/mol. The van der Waals surface area contributed by atoms with Gasteiger partial charge in [0.1, 0.15) is 0 Å². The fraction of sp³-hybridized carbons (Fsp3) is 0.700. The van der Waals surface area contributed by atoms with Crippen LogP contribution in [0.3, 0.4) is 0 Å². The van der Waals surface area contributed by atoms with Gasteiger partial charge >= 0.3 is 0 Å². The molecule has 1 heterocycles. The monoisotopic (exact) mass is 244 g/mol. The van der Waals surface area contributed by atoms with Crippen LogP contribution >= 0.6 is 11.3 Å². The van der Waals surface area contributed by atoms with Crippen molar-refractivity contribution in [3.05, 3.63) is 11.1 Å². The van der Waals surface area contributed by atoms with Crippen molar-refractivity contribution < 1.29 is 4.43 Å². The van der Waals surface area contributed by atoms with Crippen LogP contribution in [0.2, 0.25) is 18.1 Å². The minimum Gasteiger partial charge on any atom is -0.412 e. The molecule has 1 aromatic rings. The smallest absolute Gasteiger partial charge is 0.192 e. The van der Waals surface area contributed by atoms with Crippen LogP contribution in [-0.4, -0.2) is 13.3 Å². The van der Waals surface area contributed by atoms with Crippen LogP contribution in [0.15, 0.2) is 6.20 Å². The van der Waals surface area contributed by atoms with E-state index in [1.54, 1.807) is 6.20 Å². The van der Waals surface area contributed by atoms with Crippen molar-refractivity contribution in [1.82, 2.24) is 4.98 Å². The second-order valence-corrected chi connectivity index (χ2v) is 11.2. The minimum atomic E-state index is -1.64. The summed E-state index contributed by atoms with van der Waals surface area (Å²) in [5.74, 6) is 0. The van der Waals surface area contributed by atoms with E-state index in [1.165, 1.54) is 11.3 Å². The molecule has 0 aliphatic carbocycles. The van der Waals surface area contributed by atoms with Crippen LogP contribution < -0.4 is 5.73 Å². The van der Waals surface area contributed by atoms with E-state index < -0.39 is 8.32 Å². The zero-order chi connectivity index (χ0) is 11.7. The first-order chi connectivity index (χ1) is 6.72. The first-order valence-corrected chi connectivity index (χ1v) is 8.79. The van der Waals surface area contributed by atoms with Crippen molar-refractivity contribution in [2.24, 2.45) is 0 Å². The van der Waals surface area contributed by atoms with Crippen molar-refractivity contribution >= 4 is 24.8 Å². The van der Waals surface area contributed by atoms with Crippen LogP contribution in [0.5, 0.6) is 0 Å². The van der Waals surface area contributed by atoms with Gasteiger partial charge in [0.15, 0.2) is 13.4 Å². The molecule has 0 saturated heterocycles. The van der Waals surface area contributed by atoms with Gasteiger partial charge in [-0.2, -0.15) is 0 Å². The van der Waals surface area contributed by atoms with Gasteiger partial charge in [-0.25, -0.2) is 4.98 Å². The van der Waals surface area contributed by atoms with Crippen LogP contribution in [0.1, 0.15) is 25.6 Å². The number of nitrogens with zero attached hydrogens (tertiary/aromatic N) is 1. The van der Waals surface area contributed by atoms with Crippen LogP contribution in [0, 0.1) is 0 Å². The highest BCUT2D eigenvalue weighted by Gasteiger charge is 2.37. The van der Waals surface area contributed by atoms with E-state index in [1.807, 2.05) is 0 Å². The lowest BCUT2D eigenvalue weighted by Crippen LogP contribution is -2.40. The van der Waals surface area contributed by atoms with Gasteiger partial charge < -0.3 is 10.2 Å². The summed E-state index contributed by atoms with van der Waals surface area (Å²) in [6, 6.07) is 0. The van der Waals surface area contributed by atoms with E-state index in [2.05, 4.69) is 38.8 Å². The zero-order valence-electron chi connectivity index (χ0n) is 10.1. The Balaban J connectivity index is 2.57. The maximum atomic E-state index is 6.05. The van der Waals surface area contributed by atoms with E-state index >= 15 is 0 Å². The summed E-state index contributed by atoms with van der Waals surface area (Å²) in [6.07, 6.45) is 1.80. The molecule has 0 fully saturated rings. The standard InChI is InChI=1S/C10H20N2OSSi/c1-10(2,3)15(4,5)13-7-8-6-12-9(11)14-8/h6H,7H2,1-5H3,(H2,11,12). The molecule has 5 heteroatoms. The second-order valence-electron chi connectivity index (χ2n) is 5.21. The number of thiazole rings is 1. The predicted octanol–water partition coefficient (Wildman–Crippen LogP) is 3.25. The van der Waals surface area contributed by atoms with Gasteiger partial charge in [-0.3, -0.25) is 0 Å². The van der Waals surface area contributed by atoms with E-state index in [0.717, 1.165) is 4.88 Å². The van der Waals surface area contributed by atoms with E-state index in [9.17, 15) is 0 Å². The third-order valence-corrected chi connectivity index (χ3v) is 8.23. The SMILES string of the molecule is CC(C)(C)[Si](C)(C)OCc1cnc(N)s1. The first kappa shape index (κ1) is 12.7. The Morgan fingerprint density at radius 3 is 2.47 bits per heavy atom. The van der Waals surface area contributed by atoms with Gasteiger partial charge in [0, 0.05) is 6.20 Å². The Bertz CT molecular complexity index is 330. The molecule has 0 aliphatic rings. The highest BCUT2D eigenvalue weighted by atomic mass is 32.1. The fourth-order valence-corrected chi connectivity index (χ4v) is 2.51. The molecule has 0 spiro atoms.